The van der Waals surface area contributed by atoms with Crippen LogP contribution in [-0.4, -0.2) is 25.0 Å². The Labute approximate surface area is 127 Å². The molecular formula is C15H15ClFN3O. The number of nitrogens with one attached hydrogen (secondary N) is 1. The molecule has 0 unspecified atom stereocenters. The Morgan fingerprint density at radius 1 is 1.33 bits per heavy atom. The molecule has 0 radical (unpaired) electrons. The molecule has 110 valence electrons. The third-order valence-corrected chi connectivity index (χ3v) is 3.21. The zero-order valence-corrected chi connectivity index (χ0v) is 12.5. The summed E-state index contributed by atoms with van der Waals surface area (Å²) in [6, 6.07) is 7.39. The topological polar surface area (TPSA) is 45.2 Å². The van der Waals surface area contributed by atoms with Gasteiger partial charge in [0, 0.05) is 26.8 Å². The second-order valence-electron chi connectivity index (χ2n) is 4.72. The van der Waals surface area contributed by atoms with Crippen LogP contribution in [0.4, 0.5) is 10.2 Å². The molecule has 1 aromatic carbocycles. The maximum Gasteiger partial charge on any atom is 0.253 e. The van der Waals surface area contributed by atoms with Crippen molar-refractivity contribution in [1.29, 1.82) is 0 Å². The summed E-state index contributed by atoms with van der Waals surface area (Å²) in [7, 11) is 3.78. The summed E-state index contributed by atoms with van der Waals surface area (Å²) in [5.41, 5.74) is 1.17. The molecule has 0 atom stereocenters. The van der Waals surface area contributed by atoms with Gasteiger partial charge in [-0.05, 0) is 35.9 Å². The molecule has 0 spiro atoms. The van der Waals surface area contributed by atoms with Crippen molar-refractivity contribution in [3.8, 4) is 0 Å². The number of halogens is 2. The van der Waals surface area contributed by atoms with Gasteiger partial charge in [0.25, 0.3) is 5.91 Å². The second kappa shape index (κ2) is 6.54. The summed E-state index contributed by atoms with van der Waals surface area (Å²) < 4.78 is 13.0. The maximum atomic E-state index is 13.0. The van der Waals surface area contributed by atoms with Crippen molar-refractivity contribution in [2.24, 2.45) is 0 Å². The summed E-state index contributed by atoms with van der Waals surface area (Å²) >= 11 is 5.86. The lowest BCUT2D eigenvalue weighted by Gasteiger charge is -2.12. The first-order chi connectivity index (χ1) is 9.97. The van der Waals surface area contributed by atoms with Crippen LogP contribution < -0.4 is 10.2 Å². The van der Waals surface area contributed by atoms with Gasteiger partial charge in [-0.2, -0.15) is 0 Å². The molecule has 1 N–H and O–H groups in total. The zero-order chi connectivity index (χ0) is 15.4. The highest BCUT2D eigenvalue weighted by Gasteiger charge is 2.11. The number of hydrogen-bond acceptors (Lipinski definition) is 3. The number of carbonyl (C=O) groups excluding carboxylic acids is 1. The van der Waals surface area contributed by atoms with Gasteiger partial charge in [0.05, 0.1) is 10.6 Å². The summed E-state index contributed by atoms with van der Waals surface area (Å²) in [6.45, 7) is 0.343. The number of anilines is 1. The largest absolute Gasteiger partial charge is 0.363 e. The fourth-order valence-corrected chi connectivity index (χ4v) is 2.02. The van der Waals surface area contributed by atoms with Crippen molar-refractivity contribution < 1.29 is 9.18 Å². The Balaban J connectivity index is 2.05. The minimum atomic E-state index is -0.471. The van der Waals surface area contributed by atoms with Crippen LogP contribution in [0.1, 0.15) is 15.9 Å². The van der Waals surface area contributed by atoms with Crippen molar-refractivity contribution in [2.45, 2.75) is 6.54 Å². The first-order valence-corrected chi connectivity index (χ1v) is 6.70. The van der Waals surface area contributed by atoms with Gasteiger partial charge >= 0.3 is 0 Å². The third kappa shape index (κ3) is 3.92. The molecule has 21 heavy (non-hydrogen) atoms. The number of nitrogens with zero attached hydrogens (tertiary/aromatic N) is 2. The standard InChI is InChI=1S/C15H15ClFN3O/c1-20(2)14-7-10(5-6-18-14)9-19-15(21)12-4-3-11(17)8-13(12)16/h3-8H,9H2,1-2H3,(H,19,21). The van der Waals surface area contributed by atoms with Crippen LogP contribution in [-0.2, 0) is 6.54 Å². The Kier molecular flexibility index (Phi) is 4.75. The van der Waals surface area contributed by atoms with Gasteiger partial charge in [-0.1, -0.05) is 11.6 Å². The average Bonchev–Trinajstić information content (AvgIpc) is 2.45. The van der Waals surface area contributed by atoms with Crippen LogP contribution in [0.15, 0.2) is 36.5 Å². The van der Waals surface area contributed by atoms with E-state index in [9.17, 15) is 9.18 Å². The number of hydrogen-bond donors (Lipinski definition) is 1. The maximum absolute atomic E-state index is 13.0. The molecule has 1 heterocycles. The van der Waals surface area contributed by atoms with Crippen molar-refractivity contribution in [2.75, 3.05) is 19.0 Å². The molecule has 0 fully saturated rings. The molecule has 4 nitrogen and oxygen atoms in total. The molecule has 2 aromatic rings. The molecule has 1 amide bonds. The van der Waals surface area contributed by atoms with Crippen molar-refractivity contribution in [3.63, 3.8) is 0 Å². The van der Waals surface area contributed by atoms with Gasteiger partial charge in [-0.3, -0.25) is 4.79 Å². The van der Waals surface area contributed by atoms with Crippen molar-refractivity contribution in [1.82, 2.24) is 10.3 Å². The quantitative estimate of drug-likeness (QED) is 0.944. The van der Waals surface area contributed by atoms with E-state index in [2.05, 4.69) is 10.3 Å². The summed E-state index contributed by atoms with van der Waals surface area (Å²) in [6.07, 6.45) is 1.68. The molecular weight excluding hydrogens is 293 g/mol. The first-order valence-electron chi connectivity index (χ1n) is 6.33. The van der Waals surface area contributed by atoms with Crippen LogP contribution >= 0.6 is 11.6 Å². The number of carbonyl (C=O) groups is 1. The summed E-state index contributed by atoms with van der Waals surface area (Å²) in [5.74, 6) is -0.00825. The average molecular weight is 308 g/mol. The Bertz CT molecular complexity index is 661. The highest BCUT2D eigenvalue weighted by Crippen LogP contribution is 2.17. The summed E-state index contributed by atoms with van der Waals surface area (Å²) in [4.78, 5) is 18.1. The predicted molar refractivity (Wildman–Crippen MR) is 81.1 cm³/mol. The highest BCUT2D eigenvalue weighted by atomic mass is 35.5. The molecule has 0 saturated carbocycles. The normalized spacial score (nSPS) is 10.3. The van der Waals surface area contributed by atoms with Crippen molar-refractivity contribution in [3.05, 3.63) is 58.5 Å². The summed E-state index contributed by atoms with van der Waals surface area (Å²) in [5, 5.41) is 2.84. The minimum Gasteiger partial charge on any atom is -0.363 e. The fraction of sp³-hybridized carbons (Fsp3) is 0.200. The van der Waals surface area contributed by atoms with E-state index in [1.807, 2.05) is 31.1 Å². The van der Waals surface area contributed by atoms with Crippen LogP contribution in [0.5, 0.6) is 0 Å². The third-order valence-electron chi connectivity index (χ3n) is 2.90. The first kappa shape index (κ1) is 15.3. The van der Waals surface area contributed by atoms with Gasteiger partial charge in [0.2, 0.25) is 0 Å². The SMILES string of the molecule is CN(C)c1cc(CNC(=O)c2ccc(F)cc2Cl)ccn1. The molecule has 2 rings (SSSR count). The van der Waals surface area contributed by atoms with Gasteiger partial charge < -0.3 is 10.2 Å². The van der Waals surface area contributed by atoms with Crippen LogP contribution in [0.2, 0.25) is 5.02 Å². The lowest BCUT2D eigenvalue weighted by molar-refractivity contribution is 0.0951. The van der Waals surface area contributed by atoms with Gasteiger partial charge in [-0.15, -0.1) is 0 Å². The van der Waals surface area contributed by atoms with Crippen LogP contribution in [0, 0.1) is 5.82 Å². The van der Waals surface area contributed by atoms with E-state index in [1.54, 1.807) is 6.20 Å². The monoisotopic (exact) mass is 307 g/mol. The van der Waals surface area contributed by atoms with E-state index >= 15 is 0 Å². The van der Waals surface area contributed by atoms with Crippen molar-refractivity contribution >= 4 is 23.3 Å². The van der Waals surface area contributed by atoms with Crippen LogP contribution in [0.3, 0.4) is 0 Å². The second-order valence-corrected chi connectivity index (χ2v) is 5.13. The van der Waals surface area contributed by atoms with E-state index in [0.717, 1.165) is 17.4 Å². The minimum absolute atomic E-state index is 0.0937. The Morgan fingerprint density at radius 2 is 2.10 bits per heavy atom. The Hall–Kier alpha value is -2.14. The Morgan fingerprint density at radius 3 is 2.76 bits per heavy atom. The number of benzene rings is 1. The lowest BCUT2D eigenvalue weighted by atomic mass is 10.2. The predicted octanol–water partition coefficient (Wildman–Crippen LogP) is 2.87. The van der Waals surface area contributed by atoms with E-state index in [-0.39, 0.29) is 16.5 Å². The van der Waals surface area contributed by atoms with E-state index in [1.165, 1.54) is 12.1 Å². The van der Waals surface area contributed by atoms with E-state index < -0.39 is 5.82 Å². The molecule has 1 aromatic heterocycles. The van der Waals surface area contributed by atoms with E-state index in [4.69, 9.17) is 11.6 Å². The molecule has 0 aliphatic rings. The number of amides is 1. The van der Waals surface area contributed by atoms with Crippen LogP contribution in [0.25, 0.3) is 0 Å². The number of aromatic nitrogens is 1. The lowest BCUT2D eigenvalue weighted by Crippen LogP contribution is -2.23. The van der Waals surface area contributed by atoms with Gasteiger partial charge in [-0.25, -0.2) is 9.37 Å². The zero-order valence-electron chi connectivity index (χ0n) is 11.7. The fourth-order valence-electron chi connectivity index (χ4n) is 1.77. The molecule has 0 saturated heterocycles. The molecule has 0 aliphatic heterocycles. The highest BCUT2D eigenvalue weighted by molar-refractivity contribution is 6.33. The van der Waals surface area contributed by atoms with Gasteiger partial charge in [0.15, 0.2) is 0 Å². The number of pyridine rings is 1. The van der Waals surface area contributed by atoms with Gasteiger partial charge in [0.1, 0.15) is 11.6 Å². The molecule has 0 bridgehead atoms. The number of rotatable bonds is 4. The smallest absolute Gasteiger partial charge is 0.253 e. The molecule has 6 heteroatoms. The molecule has 0 aliphatic carbocycles. The van der Waals surface area contributed by atoms with E-state index in [0.29, 0.717) is 6.54 Å².